The van der Waals surface area contributed by atoms with Crippen LogP contribution in [0.2, 0.25) is 0 Å². The molecule has 1 aliphatic rings. The maximum Gasteiger partial charge on any atom is 3.00 e. The second kappa shape index (κ2) is 19.1. The molecule has 189 valence electrons. The number of Topliss-reactive ketones (excluding diaryl/α,β-unsaturated/α-hetero) is 4. The number of halogens is 2. The Morgan fingerprint density at radius 1 is 0.727 bits per heavy atom. The maximum atomic E-state index is 12.2. The minimum absolute atomic E-state index is 0. The molecule has 0 aliphatic carbocycles. The van der Waals surface area contributed by atoms with Crippen LogP contribution >= 0.6 is 0 Å². The van der Waals surface area contributed by atoms with Crippen molar-refractivity contribution in [3.05, 3.63) is 5.32 Å². The van der Waals surface area contributed by atoms with Crippen molar-refractivity contribution in [2.75, 3.05) is 40.3 Å². The van der Waals surface area contributed by atoms with E-state index in [1.54, 1.807) is 20.8 Å². The van der Waals surface area contributed by atoms with Crippen LogP contribution < -0.4 is 30.1 Å². The molecule has 4 unspecified atom stereocenters. The zero-order chi connectivity index (χ0) is 22.8. The van der Waals surface area contributed by atoms with E-state index in [0.717, 1.165) is 0 Å². The summed E-state index contributed by atoms with van der Waals surface area (Å²) in [4.78, 5) is 52.4. The number of nitrogens with one attached hydrogen (secondary N) is 1. The molecular weight excluding hydrogens is 503 g/mol. The molecule has 1 saturated heterocycles. The Morgan fingerprint density at radius 2 is 1.21 bits per heavy atom. The van der Waals surface area contributed by atoms with Gasteiger partial charge in [-0.25, -0.2) is 0 Å². The number of carbonyl (C=O) groups excluding carboxylic acids is 4. The zero-order valence-corrected chi connectivity index (χ0v) is 23.8. The standard InChI is InChI=1S/C22H39N4O4.2ClH.Ti/c1-15(27)19-7-11-23-20(16(2)28)9-13-25(5)22(18(4)30)10-14-26(6)21(17(3)29)8-12-24-19;;;/h19-23H,7-14H2,1-6H3;2*1H;/q-1;;;+3/p-2. The zero-order valence-electron chi connectivity index (χ0n) is 20.7. The van der Waals surface area contributed by atoms with E-state index >= 15 is 0 Å². The Labute approximate surface area is 226 Å². The largest absolute Gasteiger partial charge is 3.00 e. The van der Waals surface area contributed by atoms with Gasteiger partial charge in [-0.05, 0) is 67.6 Å². The van der Waals surface area contributed by atoms with Crippen molar-refractivity contribution in [2.45, 2.75) is 77.5 Å². The SMILES string of the molecule is CC(=O)C1CCNC(C(C)=O)CCN(C)C(C(C)=O)CCN(C)C(C(C)=O)CC[N-]1.[Cl-].[Cl-].[Ti+3]. The topological polar surface area (TPSA) is 101 Å². The molecule has 11 heteroatoms. The summed E-state index contributed by atoms with van der Waals surface area (Å²) in [6.07, 6.45) is 2.26. The van der Waals surface area contributed by atoms with Crippen LogP contribution in [0.25, 0.3) is 5.32 Å². The average molecular weight is 542 g/mol. The van der Waals surface area contributed by atoms with E-state index in [0.29, 0.717) is 51.9 Å². The van der Waals surface area contributed by atoms with Gasteiger partial charge in [0.1, 0.15) is 23.1 Å². The molecule has 0 amide bonds. The first-order valence-electron chi connectivity index (χ1n) is 10.9. The van der Waals surface area contributed by atoms with Crippen LogP contribution in [0.1, 0.15) is 53.4 Å². The van der Waals surface area contributed by atoms with Crippen LogP contribution in [0.5, 0.6) is 0 Å². The van der Waals surface area contributed by atoms with Crippen LogP contribution in [-0.2, 0) is 40.9 Å². The van der Waals surface area contributed by atoms with E-state index < -0.39 is 6.04 Å². The Hall–Kier alpha value is -0.186. The van der Waals surface area contributed by atoms with Crippen molar-refractivity contribution in [2.24, 2.45) is 0 Å². The van der Waals surface area contributed by atoms with Gasteiger partial charge < -0.3 is 40.2 Å². The average Bonchev–Trinajstić information content (AvgIpc) is 2.63. The summed E-state index contributed by atoms with van der Waals surface area (Å²) in [5, 5.41) is 7.78. The summed E-state index contributed by atoms with van der Waals surface area (Å²) in [5.41, 5.74) is 0. The minimum Gasteiger partial charge on any atom is -1.00 e. The second-order valence-electron chi connectivity index (χ2n) is 8.52. The van der Waals surface area contributed by atoms with Crippen molar-refractivity contribution in [1.82, 2.24) is 15.1 Å². The van der Waals surface area contributed by atoms with E-state index in [4.69, 9.17) is 0 Å². The molecule has 0 aromatic heterocycles. The Balaban J connectivity index is -0.00000300. The summed E-state index contributed by atoms with van der Waals surface area (Å²) in [6.45, 7) is 8.37. The van der Waals surface area contributed by atoms with Crippen molar-refractivity contribution >= 4 is 23.1 Å². The predicted molar refractivity (Wildman–Crippen MR) is 118 cm³/mol. The van der Waals surface area contributed by atoms with Gasteiger partial charge in [0.15, 0.2) is 0 Å². The van der Waals surface area contributed by atoms with Crippen molar-refractivity contribution in [3.8, 4) is 0 Å². The molecule has 1 N–H and O–H groups in total. The molecule has 1 rings (SSSR count). The number of nitrogens with zero attached hydrogens (tertiary/aromatic N) is 3. The van der Waals surface area contributed by atoms with E-state index in [1.807, 2.05) is 23.9 Å². The van der Waals surface area contributed by atoms with Gasteiger partial charge in [-0.15, -0.1) is 6.54 Å². The van der Waals surface area contributed by atoms with E-state index in [2.05, 4.69) is 10.6 Å². The third-order valence-electron chi connectivity index (χ3n) is 6.05. The van der Waals surface area contributed by atoms with Gasteiger partial charge in [0, 0.05) is 13.1 Å². The molecule has 0 bridgehead atoms. The summed E-state index contributed by atoms with van der Waals surface area (Å²) in [5.74, 6) is 0.184. The van der Waals surface area contributed by atoms with Gasteiger partial charge >= 0.3 is 21.7 Å². The number of rotatable bonds is 4. The Morgan fingerprint density at radius 3 is 1.67 bits per heavy atom. The van der Waals surface area contributed by atoms with Gasteiger partial charge in [-0.1, -0.05) is 12.5 Å². The monoisotopic (exact) mass is 541 g/mol. The summed E-state index contributed by atoms with van der Waals surface area (Å²) in [6, 6.07) is -1.29. The molecule has 1 radical (unpaired) electrons. The molecule has 8 nitrogen and oxygen atoms in total. The number of hydrogen-bond acceptors (Lipinski definition) is 7. The molecular formula is C22H39Cl2N4O4Ti. The first-order chi connectivity index (χ1) is 14.0. The third-order valence-corrected chi connectivity index (χ3v) is 6.05. The summed E-state index contributed by atoms with van der Waals surface area (Å²) < 4.78 is 0. The van der Waals surface area contributed by atoms with E-state index in [1.165, 1.54) is 6.92 Å². The molecule has 33 heavy (non-hydrogen) atoms. The predicted octanol–water partition coefficient (Wildman–Crippen LogP) is -4.78. The molecule has 1 fully saturated rings. The molecule has 0 aromatic rings. The van der Waals surface area contributed by atoms with Crippen molar-refractivity contribution in [3.63, 3.8) is 0 Å². The fourth-order valence-electron chi connectivity index (χ4n) is 4.06. The van der Waals surface area contributed by atoms with Crippen LogP contribution in [0.15, 0.2) is 0 Å². The number of ketones is 4. The van der Waals surface area contributed by atoms with Gasteiger partial charge in [0.2, 0.25) is 0 Å². The summed E-state index contributed by atoms with van der Waals surface area (Å²) in [7, 11) is 3.80. The van der Waals surface area contributed by atoms with E-state index in [9.17, 15) is 19.2 Å². The first-order valence-corrected chi connectivity index (χ1v) is 10.9. The minimum atomic E-state index is -0.430. The van der Waals surface area contributed by atoms with Gasteiger partial charge in [0.25, 0.3) is 0 Å². The molecule has 0 saturated carbocycles. The molecule has 1 heterocycles. The second-order valence-corrected chi connectivity index (χ2v) is 8.52. The van der Waals surface area contributed by atoms with Gasteiger partial charge in [-0.3, -0.25) is 24.2 Å². The number of likely N-dealkylation sites (N-methyl/N-ethyl adjacent to an activating group) is 2. The van der Waals surface area contributed by atoms with E-state index in [-0.39, 0.29) is 87.8 Å². The fourth-order valence-corrected chi connectivity index (χ4v) is 4.06. The van der Waals surface area contributed by atoms with Crippen LogP contribution in [0.3, 0.4) is 0 Å². The number of hydrogen-bond donors (Lipinski definition) is 1. The van der Waals surface area contributed by atoms with Crippen LogP contribution in [-0.4, -0.2) is 97.4 Å². The van der Waals surface area contributed by atoms with Crippen LogP contribution in [0.4, 0.5) is 0 Å². The molecule has 0 spiro atoms. The third kappa shape index (κ3) is 13.5. The van der Waals surface area contributed by atoms with Gasteiger partial charge in [0.05, 0.1) is 18.1 Å². The number of carbonyl (C=O) groups is 4. The van der Waals surface area contributed by atoms with Crippen molar-refractivity contribution in [1.29, 1.82) is 0 Å². The van der Waals surface area contributed by atoms with Crippen molar-refractivity contribution < 1.29 is 65.7 Å². The Kier molecular flexibility index (Phi) is 21.6. The maximum absolute atomic E-state index is 12.2. The van der Waals surface area contributed by atoms with Gasteiger partial charge in [-0.2, -0.15) is 0 Å². The molecule has 1 aliphatic heterocycles. The fraction of sp³-hybridized carbons (Fsp3) is 0.818. The molecule has 4 atom stereocenters. The molecule has 0 aromatic carbocycles. The van der Waals surface area contributed by atoms with Crippen LogP contribution in [0, 0.1) is 0 Å². The Bertz CT molecular complexity index is 627. The quantitative estimate of drug-likeness (QED) is 0.356. The normalized spacial score (nSPS) is 26.6. The smallest absolute Gasteiger partial charge is 1.00 e. The summed E-state index contributed by atoms with van der Waals surface area (Å²) >= 11 is 0. The first kappa shape index (κ1) is 37.4.